The van der Waals surface area contributed by atoms with Gasteiger partial charge in [-0.3, -0.25) is 0 Å². The van der Waals surface area contributed by atoms with Crippen LogP contribution in [0.4, 0.5) is 0 Å². The monoisotopic (exact) mass is 287 g/mol. The van der Waals surface area contributed by atoms with Crippen LogP contribution in [-0.4, -0.2) is 12.6 Å². The zero-order valence-corrected chi connectivity index (χ0v) is 13.8. The maximum atomic E-state index is 3.81. The predicted molar refractivity (Wildman–Crippen MR) is 92.7 cm³/mol. The van der Waals surface area contributed by atoms with E-state index in [0.717, 1.165) is 5.92 Å². The number of aryl methyl sites for hydroxylation is 1. The Morgan fingerprint density at radius 1 is 1.05 bits per heavy atom. The minimum absolute atomic E-state index is 0.716. The summed E-state index contributed by atoms with van der Waals surface area (Å²) >= 11 is 0. The topological polar surface area (TPSA) is 12.0 Å². The summed E-state index contributed by atoms with van der Waals surface area (Å²) in [7, 11) is 0. The molecule has 0 aliphatic heterocycles. The van der Waals surface area contributed by atoms with Gasteiger partial charge in [-0.25, -0.2) is 0 Å². The molecule has 2 rings (SSSR count). The summed E-state index contributed by atoms with van der Waals surface area (Å²) in [6.45, 7) is 3.44. The van der Waals surface area contributed by atoms with Gasteiger partial charge in [0.25, 0.3) is 0 Å². The molecule has 0 bridgehead atoms. The maximum absolute atomic E-state index is 3.81. The van der Waals surface area contributed by atoms with Crippen molar-refractivity contribution in [3.63, 3.8) is 0 Å². The van der Waals surface area contributed by atoms with Crippen molar-refractivity contribution >= 4 is 0 Å². The largest absolute Gasteiger partial charge is 0.314 e. The Morgan fingerprint density at radius 2 is 1.76 bits per heavy atom. The molecule has 1 fully saturated rings. The highest BCUT2D eigenvalue weighted by atomic mass is 14.9. The molecule has 118 valence electrons. The summed E-state index contributed by atoms with van der Waals surface area (Å²) in [6, 6.07) is 11.7. The second-order valence-corrected chi connectivity index (χ2v) is 6.77. The fraction of sp³-hybridized carbons (Fsp3) is 0.700. The second-order valence-electron chi connectivity index (χ2n) is 6.77. The van der Waals surface area contributed by atoms with Gasteiger partial charge in [-0.15, -0.1) is 0 Å². The molecule has 0 radical (unpaired) electrons. The molecule has 0 amide bonds. The highest BCUT2D eigenvalue weighted by Gasteiger charge is 2.17. The Kier molecular flexibility index (Phi) is 7.88. The summed E-state index contributed by atoms with van der Waals surface area (Å²) in [6.07, 6.45) is 13.9. The Bertz CT molecular complexity index is 351. The molecule has 0 spiro atoms. The summed E-state index contributed by atoms with van der Waals surface area (Å²) in [4.78, 5) is 0. The first kappa shape index (κ1) is 16.5. The van der Waals surface area contributed by atoms with Gasteiger partial charge in [-0.1, -0.05) is 75.8 Å². The zero-order valence-electron chi connectivity index (χ0n) is 13.8. The second kappa shape index (κ2) is 10.00. The molecular formula is C20H33N. The van der Waals surface area contributed by atoms with Crippen LogP contribution in [0.15, 0.2) is 30.3 Å². The van der Waals surface area contributed by atoms with Gasteiger partial charge in [0, 0.05) is 6.04 Å². The van der Waals surface area contributed by atoms with E-state index in [4.69, 9.17) is 0 Å². The minimum Gasteiger partial charge on any atom is -0.314 e. The minimum atomic E-state index is 0.716. The summed E-state index contributed by atoms with van der Waals surface area (Å²) < 4.78 is 0. The van der Waals surface area contributed by atoms with Crippen molar-refractivity contribution in [3.8, 4) is 0 Å². The van der Waals surface area contributed by atoms with Crippen LogP contribution in [0.25, 0.3) is 0 Å². The van der Waals surface area contributed by atoms with Gasteiger partial charge in [0.05, 0.1) is 0 Å². The van der Waals surface area contributed by atoms with E-state index < -0.39 is 0 Å². The Hall–Kier alpha value is -0.820. The fourth-order valence-electron chi connectivity index (χ4n) is 3.64. The Labute approximate surface area is 131 Å². The van der Waals surface area contributed by atoms with Crippen molar-refractivity contribution in [2.45, 2.75) is 77.2 Å². The number of hydrogen-bond acceptors (Lipinski definition) is 1. The lowest BCUT2D eigenvalue weighted by Gasteiger charge is -2.24. The van der Waals surface area contributed by atoms with E-state index in [-0.39, 0.29) is 0 Å². The lowest BCUT2D eigenvalue weighted by atomic mass is 9.90. The van der Waals surface area contributed by atoms with E-state index in [0.29, 0.717) is 6.04 Å². The standard InChI is InChI=1S/C20H33N/c1-2-16-21-20(15-14-18-10-8-5-9-11-18)17-19-12-6-3-4-7-13-19/h5,8-11,19-21H,2-4,6-7,12-17H2,1H3. The number of benzene rings is 1. The van der Waals surface area contributed by atoms with Crippen LogP contribution in [0.2, 0.25) is 0 Å². The first-order valence-corrected chi connectivity index (χ1v) is 9.15. The fourth-order valence-corrected chi connectivity index (χ4v) is 3.64. The van der Waals surface area contributed by atoms with Crippen LogP contribution in [0.5, 0.6) is 0 Å². The molecule has 1 nitrogen and oxygen atoms in total. The first-order chi connectivity index (χ1) is 10.4. The van der Waals surface area contributed by atoms with E-state index in [1.54, 1.807) is 0 Å². The van der Waals surface area contributed by atoms with Crippen LogP contribution in [0.3, 0.4) is 0 Å². The maximum Gasteiger partial charge on any atom is 0.00728 e. The first-order valence-electron chi connectivity index (χ1n) is 9.15. The normalized spacial score (nSPS) is 18.3. The molecule has 0 saturated heterocycles. The number of nitrogens with one attached hydrogen (secondary N) is 1. The molecule has 1 heteroatoms. The average molecular weight is 287 g/mol. The van der Waals surface area contributed by atoms with E-state index in [9.17, 15) is 0 Å². The highest BCUT2D eigenvalue weighted by molar-refractivity contribution is 5.14. The van der Waals surface area contributed by atoms with Gasteiger partial charge in [0.2, 0.25) is 0 Å². The average Bonchev–Trinajstić information content (AvgIpc) is 2.79. The summed E-state index contributed by atoms with van der Waals surface area (Å²) in [5.41, 5.74) is 1.49. The third-order valence-corrected chi connectivity index (χ3v) is 4.90. The highest BCUT2D eigenvalue weighted by Crippen LogP contribution is 2.27. The lowest BCUT2D eigenvalue weighted by Crippen LogP contribution is -2.32. The summed E-state index contributed by atoms with van der Waals surface area (Å²) in [5, 5.41) is 3.81. The molecular weight excluding hydrogens is 254 g/mol. The summed E-state index contributed by atoms with van der Waals surface area (Å²) in [5.74, 6) is 0.970. The zero-order chi connectivity index (χ0) is 14.8. The van der Waals surface area contributed by atoms with Gasteiger partial charge in [-0.2, -0.15) is 0 Å². The smallest absolute Gasteiger partial charge is 0.00728 e. The quantitative estimate of drug-likeness (QED) is 0.636. The number of hydrogen-bond donors (Lipinski definition) is 1. The SMILES string of the molecule is CCCNC(CCc1ccccc1)CC1CCCCCC1. The molecule has 1 aromatic rings. The number of rotatable bonds is 8. The van der Waals surface area contributed by atoms with E-state index in [2.05, 4.69) is 42.6 Å². The van der Waals surface area contributed by atoms with Crippen molar-refractivity contribution in [1.29, 1.82) is 0 Å². The van der Waals surface area contributed by atoms with Gasteiger partial charge in [0.15, 0.2) is 0 Å². The molecule has 1 atom stereocenters. The Morgan fingerprint density at radius 3 is 2.43 bits per heavy atom. The van der Waals surface area contributed by atoms with Gasteiger partial charge < -0.3 is 5.32 Å². The van der Waals surface area contributed by atoms with Gasteiger partial charge in [0.1, 0.15) is 0 Å². The molecule has 1 saturated carbocycles. The molecule has 1 N–H and O–H groups in total. The van der Waals surface area contributed by atoms with E-state index in [1.165, 1.54) is 76.3 Å². The van der Waals surface area contributed by atoms with E-state index in [1.807, 2.05) is 0 Å². The third kappa shape index (κ3) is 6.65. The van der Waals surface area contributed by atoms with Gasteiger partial charge >= 0.3 is 0 Å². The van der Waals surface area contributed by atoms with Crippen molar-refractivity contribution in [3.05, 3.63) is 35.9 Å². The van der Waals surface area contributed by atoms with E-state index >= 15 is 0 Å². The molecule has 1 aliphatic carbocycles. The molecule has 21 heavy (non-hydrogen) atoms. The van der Waals surface area contributed by atoms with Crippen molar-refractivity contribution in [2.24, 2.45) is 5.92 Å². The molecule has 0 heterocycles. The van der Waals surface area contributed by atoms with Gasteiger partial charge in [-0.05, 0) is 43.7 Å². The van der Waals surface area contributed by atoms with Crippen LogP contribution in [0, 0.1) is 5.92 Å². The van der Waals surface area contributed by atoms with Crippen LogP contribution < -0.4 is 5.32 Å². The van der Waals surface area contributed by atoms with Crippen molar-refractivity contribution < 1.29 is 0 Å². The molecule has 0 aromatic heterocycles. The Balaban J connectivity index is 1.81. The van der Waals surface area contributed by atoms with Crippen molar-refractivity contribution in [1.82, 2.24) is 5.32 Å². The predicted octanol–water partition coefficient (Wildman–Crippen LogP) is 5.35. The lowest BCUT2D eigenvalue weighted by molar-refractivity contribution is 0.339. The van der Waals surface area contributed by atoms with Crippen molar-refractivity contribution in [2.75, 3.05) is 6.54 Å². The van der Waals surface area contributed by atoms with Crippen LogP contribution >= 0.6 is 0 Å². The van der Waals surface area contributed by atoms with Crippen LogP contribution in [0.1, 0.15) is 70.3 Å². The van der Waals surface area contributed by atoms with Crippen LogP contribution in [-0.2, 0) is 6.42 Å². The molecule has 1 aromatic carbocycles. The molecule has 1 unspecified atom stereocenters. The molecule has 1 aliphatic rings. The third-order valence-electron chi connectivity index (χ3n) is 4.90.